The maximum atomic E-state index is 11.6. The fraction of sp³-hybridized carbons (Fsp3) is 0.176. The molecule has 23 heavy (non-hydrogen) atoms. The van der Waals surface area contributed by atoms with E-state index in [9.17, 15) is 17.8 Å². The molecule has 0 unspecified atom stereocenters. The summed E-state index contributed by atoms with van der Waals surface area (Å²) < 4.78 is 36.4. The number of rotatable bonds is 5. The van der Waals surface area contributed by atoms with E-state index in [1.807, 2.05) is 6.92 Å². The van der Waals surface area contributed by atoms with Crippen LogP contribution >= 0.6 is 0 Å². The Morgan fingerprint density at radius 1 is 1.22 bits per heavy atom. The van der Waals surface area contributed by atoms with Crippen molar-refractivity contribution >= 4 is 15.9 Å². The highest BCUT2D eigenvalue weighted by Gasteiger charge is 2.20. The molecule has 0 aliphatic carbocycles. The van der Waals surface area contributed by atoms with Crippen molar-refractivity contribution in [1.29, 1.82) is 0 Å². The number of ketones is 1. The van der Waals surface area contributed by atoms with E-state index in [0.717, 1.165) is 5.57 Å². The molecule has 0 amide bonds. The molecule has 0 saturated carbocycles. The molecule has 0 saturated heterocycles. The molecule has 5 nitrogen and oxygen atoms in total. The smallest absolute Gasteiger partial charge is 0.214 e. The third-order valence-corrected chi connectivity index (χ3v) is 4.21. The fourth-order valence-corrected chi connectivity index (χ4v) is 2.99. The fourth-order valence-electron chi connectivity index (χ4n) is 2.31. The first kappa shape index (κ1) is 17.1. The Morgan fingerprint density at radius 3 is 2.43 bits per heavy atom. The summed E-state index contributed by atoms with van der Waals surface area (Å²) >= 11 is 0. The lowest BCUT2D eigenvalue weighted by Gasteiger charge is -2.13. The van der Waals surface area contributed by atoms with Gasteiger partial charge in [0, 0.05) is 17.7 Å². The van der Waals surface area contributed by atoms with Crippen LogP contribution < -0.4 is 4.57 Å². The number of pyridine rings is 1. The molecular formula is C17H17NO4S. The molecule has 1 aromatic carbocycles. The summed E-state index contributed by atoms with van der Waals surface area (Å²) in [6.07, 6.45) is 1.69. The Morgan fingerprint density at radius 2 is 1.87 bits per heavy atom. The van der Waals surface area contributed by atoms with Gasteiger partial charge in [0.15, 0.2) is 18.5 Å². The van der Waals surface area contributed by atoms with Gasteiger partial charge in [-0.15, -0.1) is 0 Å². The summed E-state index contributed by atoms with van der Waals surface area (Å²) in [5, 5.41) is 0. The first-order chi connectivity index (χ1) is 10.7. The maximum Gasteiger partial charge on any atom is 0.214 e. The minimum atomic E-state index is -4.63. The Hall–Kier alpha value is -2.31. The van der Waals surface area contributed by atoms with E-state index in [-0.39, 0.29) is 16.2 Å². The molecule has 6 heteroatoms. The monoisotopic (exact) mass is 331 g/mol. The van der Waals surface area contributed by atoms with Gasteiger partial charge in [-0.25, -0.2) is 8.42 Å². The van der Waals surface area contributed by atoms with Gasteiger partial charge in [0.1, 0.15) is 10.1 Å². The number of hydrogen-bond acceptors (Lipinski definition) is 4. The van der Waals surface area contributed by atoms with Crippen LogP contribution in [0.2, 0.25) is 0 Å². The van der Waals surface area contributed by atoms with E-state index >= 15 is 0 Å². The molecule has 0 N–H and O–H groups in total. The summed E-state index contributed by atoms with van der Waals surface area (Å²) in [4.78, 5) is 11.3. The molecule has 0 radical (unpaired) electrons. The Bertz CT molecular complexity index is 885. The second-order valence-corrected chi connectivity index (χ2v) is 6.74. The lowest BCUT2D eigenvalue weighted by Crippen LogP contribution is -2.37. The standard InChI is InChI=1S/C17H17NO4S/c1-12(2)11-18-9-8-14(13(3)19)10-16(18)15-6-4-5-7-17(15)23(20,21)22/h4-10H,1,11H2,2-3H3. The van der Waals surface area contributed by atoms with Crippen molar-refractivity contribution in [2.45, 2.75) is 25.3 Å². The third-order valence-electron chi connectivity index (χ3n) is 3.31. The minimum Gasteiger partial charge on any atom is -0.744 e. The van der Waals surface area contributed by atoms with Gasteiger partial charge < -0.3 is 4.55 Å². The van der Waals surface area contributed by atoms with Crippen LogP contribution in [0, 0.1) is 0 Å². The van der Waals surface area contributed by atoms with E-state index in [1.54, 1.807) is 35.0 Å². The predicted molar refractivity (Wildman–Crippen MR) is 84.9 cm³/mol. The summed E-state index contributed by atoms with van der Waals surface area (Å²) in [6.45, 7) is 7.56. The van der Waals surface area contributed by atoms with Gasteiger partial charge in [0.2, 0.25) is 5.69 Å². The first-order valence-electron chi connectivity index (χ1n) is 6.94. The number of hydrogen-bond donors (Lipinski definition) is 0. The van der Waals surface area contributed by atoms with Crippen molar-refractivity contribution in [3.8, 4) is 11.3 Å². The quantitative estimate of drug-likeness (QED) is 0.364. The van der Waals surface area contributed by atoms with Crippen molar-refractivity contribution in [3.63, 3.8) is 0 Å². The zero-order valence-corrected chi connectivity index (χ0v) is 13.8. The maximum absolute atomic E-state index is 11.6. The van der Waals surface area contributed by atoms with Crippen molar-refractivity contribution in [2.24, 2.45) is 0 Å². The molecule has 0 aliphatic heterocycles. The highest BCUT2D eigenvalue weighted by atomic mass is 32.2. The summed E-state index contributed by atoms with van der Waals surface area (Å²) in [6, 6.07) is 9.21. The highest BCUT2D eigenvalue weighted by molar-refractivity contribution is 7.85. The molecular weight excluding hydrogens is 314 g/mol. The second kappa shape index (κ2) is 6.44. The van der Waals surface area contributed by atoms with Crippen LogP contribution in [0.4, 0.5) is 0 Å². The average Bonchev–Trinajstić information content (AvgIpc) is 2.46. The number of allylic oxidation sites excluding steroid dienone is 1. The summed E-state index contributed by atoms with van der Waals surface area (Å²) in [5.41, 5.74) is 2.05. The molecule has 1 heterocycles. The van der Waals surface area contributed by atoms with Crippen LogP contribution in [0.1, 0.15) is 24.2 Å². The molecule has 0 atom stereocenters. The number of Topliss-reactive ketones (excluding diaryl/α,β-unsaturated/α-hetero) is 1. The van der Waals surface area contributed by atoms with Crippen molar-refractivity contribution < 1.29 is 22.3 Å². The molecule has 120 valence electrons. The normalized spacial score (nSPS) is 11.3. The molecule has 0 bridgehead atoms. The predicted octanol–water partition coefficient (Wildman–Crippen LogP) is 2.32. The lowest BCUT2D eigenvalue weighted by atomic mass is 10.1. The van der Waals surface area contributed by atoms with Gasteiger partial charge >= 0.3 is 0 Å². The van der Waals surface area contributed by atoms with Crippen LogP contribution in [0.25, 0.3) is 11.3 Å². The van der Waals surface area contributed by atoms with Crippen LogP contribution in [0.3, 0.4) is 0 Å². The van der Waals surface area contributed by atoms with Crippen LogP contribution in [0.5, 0.6) is 0 Å². The number of benzene rings is 1. The van der Waals surface area contributed by atoms with Gasteiger partial charge in [0.25, 0.3) is 0 Å². The second-order valence-electron chi connectivity index (χ2n) is 5.39. The topological polar surface area (TPSA) is 78.1 Å². The SMILES string of the molecule is C=C(C)C[n+]1ccc(C(C)=O)cc1-c1ccccc1S(=O)(=O)[O-]. The zero-order chi connectivity index (χ0) is 17.2. The number of carbonyl (C=O) groups excluding carboxylic acids is 1. The number of aromatic nitrogens is 1. The third kappa shape index (κ3) is 3.91. The van der Waals surface area contributed by atoms with E-state index in [0.29, 0.717) is 17.8 Å². The number of nitrogens with zero attached hydrogens (tertiary/aromatic N) is 1. The Kier molecular flexibility index (Phi) is 4.77. The van der Waals surface area contributed by atoms with Gasteiger partial charge in [-0.05, 0) is 31.6 Å². The molecule has 2 aromatic rings. The highest BCUT2D eigenvalue weighted by Crippen LogP contribution is 2.25. The summed E-state index contributed by atoms with van der Waals surface area (Å²) in [7, 11) is -4.63. The van der Waals surface area contributed by atoms with Crippen LogP contribution in [-0.2, 0) is 16.7 Å². The lowest BCUT2D eigenvalue weighted by molar-refractivity contribution is -0.678. The van der Waals surface area contributed by atoms with Gasteiger partial charge in [-0.1, -0.05) is 18.7 Å². The van der Waals surface area contributed by atoms with Gasteiger partial charge in [-0.2, -0.15) is 4.57 Å². The van der Waals surface area contributed by atoms with E-state index in [4.69, 9.17) is 0 Å². The molecule has 1 aromatic heterocycles. The number of carbonyl (C=O) groups is 1. The summed E-state index contributed by atoms with van der Waals surface area (Å²) in [5.74, 6) is -0.142. The molecule has 0 spiro atoms. The Balaban J connectivity index is 2.78. The largest absolute Gasteiger partial charge is 0.744 e. The molecule has 2 rings (SSSR count). The van der Waals surface area contributed by atoms with Crippen molar-refractivity contribution in [2.75, 3.05) is 0 Å². The van der Waals surface area contributed by atoms with E-state index in [1.165, 1.54) is 19.1 Å². The molecule has 0 fully saturated rings. The first-order valence-corrected chi connectivity index (χ1v) is 8.35. The van der Waals surface area contributed by atoms with Crippen LogP contribution in [0.15, 0.2) is 59.6 Å². The van der Waals surface area contributed by atoms with Crippen molar-refractivity contribution in [1.82, 2.24) is 0 Å². The van der Waals surface area contributed by atoms with E-state index < -0.39 is 10.1 Å². The zero-order valence-electron chi connectivity index (χ0n) is 12.9. The van der Waals surface area contributed by atoms with Crippen molar-refractivity contribution in [3.05, 3.63) is 60.3 Å². The molecule has 0 aliphatic rings. The van der Waals surface area contributed by atoms with E-state index in [2.05, 4.69) is 6.58 Å². The minimum absolute atomic E-state index is 0.142. The van der Waals surface area contributed by atoms with Gasteiger partial charge in [0.05, 0.1) is 10.5 Å². The van der Waals surface area contributed by atoms with Gasteiger partial charge in [-0.3, -0.25) is 4.79 Å². The van der Waals surface area contributed by atoms with Crippen LogP contribution in [-0.4, -0.2) is 18.8 Å². The average molecular weight is 331 g/mol. The Labute approximate surface area is 135 Å².